The molecular weight excluding hydrogens is 218 g/mol. The molecule has 2 aromatic rings. The molecule has 0 aromatic carbocycles. The van der Waals surface area contributed by atoms with Crippen LogP contribution in [-0.2, 0) is 6.42 Å². The van der Waals surface area contributed by atoms with Crippen molar-refractivity contribution in [3.05, 3.63) is 45.0 Å². The molecule has 3 rings (SSSR count). The average Bonchev–Trinajstić information content (AvgIpc) is 2.84. The van der Waals surface area contributed by atoms with E-state index in [9.17, 15) is 0 Å². The normalized spacial score (nSPS) is 19.8. The summed E-state index contributed by atoms with van der Waals surface area (Å²) >= 11 is 1.86. The molecule has 0 spiro atoms. The molecule has 1 unspecified atom stereocenters. The lowest BCUT2D eigenvalue weighted by Crippen LogP contribution is -2.29. The number of furan rings is 1. The molecule has 0 fully saturated rings. The average molecular weight is 233 g/mol. The van der Waals surface area contributed by atoms with Crippen LogP contribution < -0.4 is 5.32 Å². The SMILES string of the molecule is Cc1cc(C2NCCc3ccoc32)c(C)s1. The van der Waals surface area contributed by atoms with Crippen molar-refractivity contribution in [2.75, 3.05) is 6.54 Å². The van der Waals surface area contributed by atoms with E-state index in [2.05, 4.69) is 31.3 Å². The highest BCUT2D eigenvalue weighted by molar-refractivity contribution is 7.12. The Morgan fingerprint density at radius 1 is 1.44 bits per heavy atom. The van der Waals surface area contributed by atoms with Gasteiger partial charge in [0.1, 0.15) is 5.76 Å². The summed E-state index contributed by atoms with van der Waals surface area (Å²) in [6.07, 6.45) is 2.88. The summed E-state index contributed by atoms with van der Waals surface area (Å²) in [5, 5.41) is 3.54. The highest BCUT2D eigenvalue weighted by Crippen LogP contribution is 2.34. The van der Waals surface area contributed by atoms with Crippen molar-refractivity contribution < 1.29 is 4.42 Å². The van der Waals surface area contributed by atoms with Gasteiger partial charge in [-0.2, -0.15) is 0 Å². The second kappa shape index (κ2) is 3.75. The van der Waals surface area contributed by atoms with E-state index in [0.717, 1.165) is 18.7 Å². The molecule has 1 N–H and O–H groups in total. The van der Waals surface area contributed by atoms with Crippen LogP contribution in [0.25, 0.3) is 0 Å². The van der Waals surface area contributed by atoms with Gasteiger partial charge in [-0.3, -0.25) is 0 Å². The molecule has 3 heterocycles. The minimum Gasteiger partial charge on any atom is -0.467 e. The Kier molecular flexibility index (Phi) is 2.37. The lowest BCUT2D eigenvalue weighted by atomic mass is 9.97. The van der Waals surface area contributed by atoms with Gasteiger partial charge in [-0.1, -0.05) is 0 Å². The molecule has 16 heavy (non-hydrogen) atoms. The highest BCUT2D eigenvalue weighted by Gasteiger charge is 2.26. The summed E-state index contributed by atoms with van der Waals surface area (Å²) in [6, 6.07) is 4.62. The summed E-state index contributed by atoms with van der Waals surface area (Å²) in [4.78, 5) is 2.76. The maximum atomic E-state index is 5.63. The van der Waals surface area contributed by atoms with Crippen LogP contribution in [0.15, 0.2) is 22.8 Å². The van der Waals surface area contributed by atoms with Crippen molar-refractivity contribution in [2.24, 2.45) is 0 Å². The molecule has 0 amide bonds. The summed E-state index contributed by atoms with van der Waals surface area (Å²) in [7, 11) is 0. The van der Waals surface area contributed by atoms with Gasteiger partial charge in [-0.25, -0.2) is 0 Å². The summed E-state index contributed by atoms with van der Waals surface area (Å²) in [5.41, 5.74) is 2.73. The Morgan fingerprint density at radius 2 is 2.31 bits per heavy atom. The van der Waals surface area contributed by atoms with Crippen LogP contribution in [0, 0.1) is 13.8 Å². The molecule has 3 heteroatoms. The smallest absolute Gasteiger partial charge is 0.128 e. The van der Waals surface area contributed by atoms with E-state index in [4.69, 9.17) is 4.42 Å². The van der Waals surface area contributed by atoms with Crippen molar-refractivity contribution >= 4 is 11.3 Å². The fraction of sp³-hybridized carbons (Fsp3) is 0.385. The zero-order valence-electron chi connectivity index (χ0n) is 9.54. The molecule has 0 saturated carbocycles. The number of aryl methyl sites for hydroxylation is 2. The van der Waals surface area contributed by atoms with Gasteiger partial charge in [0, 0.05) is 16.3 Å². The van der Waals surface area contributed by atoms with Crippen molar-refractivity contribution in [1.29, 1.82) is 0 Å². The second-order valence-electron chi connectivity index (χ2n) is 4.32. The van der Waals surface area contributed by atoms with E-state index in [1.54, 1.807) is 6.26 Å². The third-order valence-corrected chi connectivity index (χ3v) is 4.16. The molecule has 1 aliphatic heterocycles. The number of hydrogen-bond donors (Lipinski definition) is 1. The predicted molar refractivity (Wildman–Crippen MR) is 66.1 cm³/mol. The first-order chi connectivity index (χ1) is 7.75. The van der Waals surface area contributed by atoms with Crippen LogP contribution in [0.5, 0.6) is 0 Å². The van der Waals surface area contributed by atoms with Gasteiger partial charge in [-0.05, 0) is 43.5 Å². The minimum atomic E-state index is 0.253. The van der Waals surface area contributed by atoms with Gasteiger partial charge in [-0.15, -0.1) is 11.3 Å². The van der Waals surface area contributed by atoms with Crippen molar-refractivity contribution in [3.8, 4) is 0 Å². The van der Waals surface area contributed by atoms with Gasteiger partial charge < -0.3 is 9.73 Å². The maximum Gasteiger partial charge on any atom is 0.128 e. The van der Waals surface area contributed by atoms with E-state index in [1.807, 2.05) is 11.3 Å². The zero-order chi connectivity index (χ0) is 11.1. The first-order valence-corrected chi connectivity index (χ1v) is 6.44. The quantitative estimate of drug-likeness (QED) is 0.818. The molecule has 0 aliphatic carbocycles. The van der Waals surface area contributed by atoms with E-state index in [-0.39, 0.29) is 6.04 Å². The predicted octanol–water partition coefficient (Wildman–Crippen LogP) is 3.19. The Balaban J connectivity index is 2.07. The zero-order valence-corrected chi connectivity index (χ0v) is 10.4. The van der Waals surface area contributed by atoms with Gasteiger partial charge in [0.15, 0.2) is 0 Å². The number of fused-ring (bicyclic) bond motifs is 1. The standard InChI is InChI=1S/C13H15NOS/c1-8-7-11(9(2)16-8)12-13-10(3-5-14-12)4-6-15-13/h4,6-7,12,14H,3,5H2,1-2H3. The maximum absolute atomic E-state index is 5.63. The second-order valence-corrected chi connectivity index (χ2v) is 5.78. The summed E-state index contributed by atoms with van der Waals surface area (Å²) < 4.78 is 5.63. The van der Waals surface area contributed by atoms with Crippen LogP contribution in [0.2, 0.25) is 0 Å². The minimum absolute atomic E-state index is 0.253. The Hall–Kier alpha value is -1.06. The molecule has 1 atom stereocenters. The third-order valence-electron chi connectivity index (χ3n) is 3.18. The number of nitrogens with one attached hydrogen (secondary N) is 1. The van der Waals surface area contributed by atoms with Crippen molar-refractivity contribution in [3.63, 3.8) is 0 Å². The van der Waals surface area contributed by atoms with E-state index in [1.165, 1.54) is 20.9 Å². The van der Waals surface area contributed by atoms with Crippen LogP contribution in [0.4, 0.5) is 0 Å². The number of hydrogen-bond acceptors (Lipinski definition) is 3. The van der Waals surface area contributed by atoms with Gasteiger partial charge in [0.25, 0.3) is 0 Å². The molecule has 0 radical (unpaired) electrons. The molecular formula is C13H15NOS. The van der Waals surface area contributed by atoms with Crippen LogP contribution in [0.3, 0.4) is 0 Å². The van der Waals surface area contributed by atoms with E-state index < -0.39 is 0 Å². The summed E-state index contributed by atoms with van der Waals surface area (Å²) in [6.45, 7) is 5.38. The van der Waals surface area contributed by atoms with Crippen molar-refractivity contribution in [2.45, 2.75) is 26.3 Å². The van der Waals surface area contributed by atoms with E-state index in [0.29, 0.717) is 0 Å². The van der Waals surface area contributed by atoms with Gasteiger partial charge >= 0.3 is 0 Å². The van der Waals surface area contributed by atoms with E-state index >= 15 is 0 Å². The monoisotopic (exact) mass is 233 g/mol. The lowest BCUT2D eigenvalue weighted by molar-refractivity contribution is 0.425. The van der Waals surface area contributed by atoms with Crippen molar-refractivity contribution in [1.82, 2.24) is 5.32 Å². The van der Waals surface area contributed by atoms with Crippen LogP contribution in [-0.4, -0.2) is 6.54 Å². The fourth-order valence-electron chi connectivity index (χ4n) is 2.44. The highest BCUT2D eigenvalue weighted by atomic mass is 32.1. The molecule has 0 bridgehead atoms. The first-order valence-electron chi connectivity index (χ1n) is 5.62. The molecule has 2 nitrogen and oxygen atoms in total. The molecule has 84 valence electrons. The first kappa shape index (κ1) is 10.1. The van der Waals surface area contributed by atoms with Gasteiger partial charge in [0.2, 0.25) is 0 Å². The molecule has 0 saturated heterocycles. The number of rotatable bonds is 1. The fourth-order valence-corrected chi connectivity index (χ4v) is 3.40. The molecule has 1 aliphatic rings. The van der Waals surface area contributed by atoms with Gasteiger partial charge in [0.05, 0.1) is 12.3 Å². The third kappa shape index (κ3) is 1.51. The summed E-state index contributed by atoms with van der Waals surface area (Å²) in [5.74, 6) is 1.10. The van der Waals surface area contributed by atoms with Crippen LogP contribution in [0.1, 0.15) is 32.7 Å². The lowest BCUT2D eigenvalue weighted by Gasteiger charge is -2.22. The topological polar surface area (TPSA) is 25.2 Å². The molecule has 2 aromatic heterocycles. The number of thiophene rings is 1. The largest absolute Gasteiger partial charge is 0.467 e. The Morgan fingerprint density at radius 3 is 3.06 bits per heavy atom. The Labute approximate surface area is 99.3 Å². The Bertz CT molecular complexity index is 512. The van der Waals surface area contributed by atoms with Crippen LogP contribution >= 0.6 is 11.3 Å².